The highest BCUT2D eigenvalue weighted by Gasteiger charge is 2.33. The van der Waals surface area contributed by atoms with E-state index in [0.717, 1.165) is 42.5 Å². The van der Waals surface area contributed by atoms with E-state index in [-0.39, 0.29) is 11.8 Å². The molecule has 25 heavy (non-hydrogen) atoms. The fourth-order valence-electron chi connectivity index (χ4n) is 3.99. The summed E-state index contributed by atoms with van der Waals surface area (Å²) in [7, 11) is 0. The number of carbonyl (C=O) groups is 1. The Labute approximate surface area is 148 Å². The van der Waals surface area contributed by atoms with Crippen LogP contribution in [0.1, 0.15) is 47.1 Å². The fraction of sp³-hybridized carbons (Fsp3) is 0.500. The highest BCUT2D eigenvalue weighted by molar-refractivity contribution is 5.94. The molecule has 1 amide bonds. The minimum atomic E-state index is -0.441. The van der Waals surface area contributed by atoms with Crippen molar-refractivity contribution in [3.05, 3.63) is 46.8 Å². The molecule has 1 N–H and O–H groups in total. The number of para-hydroxylation sites is 1. The van der Waals surface area contributed by atoms with Crippen molar-refractivity contribution in [1.82, 2.24) is 14.7 Å². The molecule has 1 saturated heterocycles. The van der Waals surface area contributed by atoms with Crippen LogP contribution >= 0.6 is 0 Å². The number of rotatable bonds is 2. The number of carbonyl (C=O) groups excluding carboxylic acids is 1. The van der Waals surface area contributed by atoms with Gasteiger partial charge in [0, 0.05) is 24.3 Å². The SMILES string of the molecule is Cc1ccccc1-n1nc(C(=O)N2CCC(C)C(O)C2)c2c1CCC2. The molecule has 1 fully saturated rings. The molecule has 0 bridgehead atoms. The molecule has 2 unspecified atom stereocenters. The molecule has 0 radical (unpaired) electrons. The Morgan fingerprint density at radius 2 is 2.08 bits per heavy atom. The van der Waals surface area contributed by atoms with Gasteiger partial charge in [0.25, 0.3) is 5.91 Å². The molecular formula is C20H25N3O2. The number of hydrogen-bond acceptors (Lipinski definition) is 3. The summed E-state index contributed by atoms with van der Waals surface area (Å²) >= 11 is 0. The van der Waals surface area contributed by atoms with Crippen LogP contribution in [0.25, 0.3) is 5.69 Å². The van der Waals surface area contributed by atoms with Crippen molar-refractivity contribution in [2.24, 2.45) is 5.92 Å². The third-order valence-electron chi connectivity index (χ3n) is 5.68. The standard InChI is InChI=1S/C20H25N3O2/c1-13-6-3-4-8-16(13)23-17-9-5-7-15(17)19(21-23)20(25)22-11-10-14(2)18(24)12-22/h3-4,6,8,14,18,24H,5,7,9-12H2,1-2H3. The lowest BCUT2D eigenvalue weighted by Crippen LogP contribution is -2.46. The molecule has 1 aromatic heterocycles. The lowest BCUT2D eigenvalue weighted by atomic mass is 9.95. The topological polar surface area (TPSA) is 58.4 Å². The number of aryl methyl sites for hydroxylation is 1. The Balaban J connectivity index is 1.71. The summed E-state index contributed by atoms with van der Waals surface area (Å²) in [5, 5.41) is 14.9. The van der Waals surface area contributed by atoms with Crippen LogP contribution in [0, 0.1) is 12.8 Å². The summed E-state index contributed by atoms with van der Waals surface area (Å²) in [6.07, 6.45) is 3.34. The lowest BCUT2D eigenvalue weighted by molar-refractivity contribution is 0.0244. The molecule has 1 aliphatic heterocycles. The van der Waals surface area contributed by atoms with Gasteiger partial charge in [-0.15, -0.1) is 0 Å². The smallest absolute Gasteiger partial charge is 0.274 e. The molecule has 1 aromatic carbocycles. The summed E-state index contributed by atoms with van der Waals surface area (Å²) in [5.41, 5.74) is 5.05. The Kier molecular flexibility index (Phi) is 4.12. The minimum Gasteiger partial charge on any atom is -0.391 e. The second-order valence-corrected chi connectivity index (χ2v) is 7.41. The maximum absolute atomic E-state index is 13.1. The fourth-order valence-corrected chi connectivity index (χ4v) is 3.99. The number of amides is 1. The number of piperidine rings is 1. The first kappa shape index (κ1) is 16.3. The molecular weight excluding hydrogens is 314 g/mol. The van der Waals surface area contributed by atoms with Crippen molar-refractivity contribution in [3.8, 4) is 5.69 Å². The molecule has 2 aromatic rings. The normalized spacial score (nSPS) is 22.9. The molecule has 132 valence electrons. The highest BCUT2D eigenvalue weighted by atomic mass is 16.3. The van der Waals surface area contributed by atoms with Crippen LogP contribution < -0.4 is 0 Å². The summed E-state index contributed by atoms with van der Waals surface area (Å²) in [6.45, 7) is 5.22. The summed E-state index contributed by atoms with van der Waals surface area (Å²) in [5.74, 6) is 0.218. The third-order valence-corrected chi connectivity index (χ3v) is 5.68. The van der Waals surface area contributed by atoms with Crippen molar-refractivity contribution in [1.29, 1.82) is 0 Å². The van der Waals surface area contributed by atoms with Gasteiger partial charge >= 0.3 is 0 Å². The van der Waals surface area contributed by atoms with E-state index < -0.39 is 6.10 Å². The zero-order chi connectivity index (χ0) is 17.6. The predicted octanol–water partition coefficient (Wildman–Crippen LogP) is 2.51. The first-order valence-corrected chi connectivity index (χ1v) is 9.20. The van der Waals surface area contributed by atoms with E-state index >= 15 is 0 Å². The monoisotopic (exact) mass is 339 g/mol. The number of aliphatic hydroxyl groups excluding tert-OH is 1. The van der Waals surface area contributed by atoms with Crippen LogP contribution in [0.5, 0.6) is 0 Å². The number of aromatic nitrogens is 2. The average molecular weight is 339 g/mol. The number of nitrogens with zero attached hydrogens (tertiary/aromatic N) is 3. The number of hydrogen-bond donors (Lipinski definition) is 1. The van der Waals surface area contributed by atoms with Crippen LogP contribution in [0.3, 0.4) is 0 Å². The summed E-state index contributed by atoms with van der Waals surface area (Å²) in [6, 6.07) is 8.16. The van der Waals surface area contributed by atoms with Gasteiger partial charge in [-0.05, 0) is 50.2 Å². The number of benzene rings is 1. The maximum atomic E-state index is 13.1. The van der Waals surface area contributed by atoms with Crippen LogP contribution in [-0.4, -0.2) is 44.9 Å². The predicted molar refractivity (Wildman–Crippen MR) is 96.0 cm³/mol. The minimum absolute atomic E-state index is 0.0311. The molecule has 5 heteroatoms. The molecule has 2 heterocycles. The molecule has 4 rings (SSSR count). The number of β-amino-alcohol motifs (C(OH)–C–C–N with tert-alkyl or cyclic N) is 1. The van der Waals surface area contributed by atoms with Crippen molar-refractivity contribution in [2.75, 3.05) is 13.1 Å². The van der Waals surface area contributed by atoms with E-state index in [1.807, 2.05) is 23.7 Å². The van der Waals surface area contributed by atoms with E-state index in [9.17, 15) is 9.90 Å². The first-order valence-electron chi connectivity index (χ1n) is 9.20. The Hall–Kier alpha value is -2.14. The van der Waals surface area contributed by atoms with Crippen molar-refractivity contribution in [2.45, 2.75) is 45.6 Å². The number of fused-ring (bicyclic) bond motifs is 1. The molecule has 1 aliphatic carbocycles. The van der Waals surface area contributed by atoms with Crippen molar-refractivity contribution in [3.63, 3.8) is 0 Å². The maximum Gasteiger partial charge on any atom is 0.274 e. The quantitative estimate of drug-likeness (QED) is 0.915. The van der Waals surface area contributed by atoms with E-state index in [1.165, 1.54) is 5.69 Å². The molecule has 2 atom stereocenters. The van der Waals surface area contributed by atoms with Gasteiger partial charge in [-0.1, -0.05) is 25.1 Å². The molecule has 5 nitrogen and oxygen atoms in total. The van der Waals surface area contributed by atoms with E-state index in [1.54, 1.807) is 4.90 Å². The average Bonchev–Trinajstić information content (AvgIpc) is 3.20. The van der Waals surface area contributed by atoms with Crippen LogP contribution in [0.15, 0.2) is 24.3 Å². The Bertz CT molecular complexity index is 811. The van der Waals surface area contributed by atoms with E-state index in [0.29, 0.717) is 18.8 Å². The van der Waals surface area contributed by atoms with Gasteiger partial charge in [-0.3, -0.25) is 4.79 Å². The van der Waals surface area contributed by atoms with Crippen molar-refractivity contribution >= 4 is 5.91 Å². The van der Waals surface area contributed by atoms with Gasteiger partial charge in [0.2, 0.25) is 0 Å². The van der Waals surface area contributed by atoms with Gasteiger partial charge in [0.05, 0.1) is 11.8 Å². The zero-order valence-corrected chi connectivity index (χ0v) is 14.9. The van der Waals surface area contributed by atoms with Crippen molar-refractivity contribution < 1.29 is 9.90 Å². The zero-order valence-electron chi connectivity index (χ0n) is 14.9. The second-order valence-electron chi connectivity index (χ2n) is 7.41. The van der Waals surface area contributed by atoms with E-state index in [2.05, 4.69) is 19.1 Å². The van der Waals surface area contributed by atoms with Crippen LogP contribution in [0.4, 0.5) is 0 Å². The summed E-state index contributed by atoms with van der Waals surface area (Å²) < 4.78 is 1.97. The van der Waals surface area contributed by atoms with Crippen LogP contribution in [0.2, 0.25) is 0 Å². The van der Waals surface area contributed by atoms with Gasteiger partial charge < -0.3 is 10.0 Å². The molecule has 0 spiro atoms. The second kappa shape index (κ2) is 6.30. The summed E-state index contributed by atoms with van der Waals surface area (Å²) in [4.78, 5) is 14.9. The van der Waals surface area contributed by atoms with Gasteiger partial charge in [0.1, 0.15) is 0 Å². The van der Waals surface area contributed by atoms with Gasteiger partial charge in [-0.2, -0.15) is 5.10 Å². The molecule has 0 saturated carbocycles. The Morgan fingerprint density at radius 3 is 2.84 bits per heavy atom. The largest absolute Gasteiger partial charge is 0.391 e. The van der Waals surface area contributed by atoms with Gasteiger partial charge in [-0.25, -0.2) is 4.68 Å². The van der Waals surface area contributed by atoms with E-state index in [4.69, 9.17) is 5.10 Å². The molecule has 2 aliphatic rings. The Morgan fingerprint density at radius 1 is 1.28 bits per heavy atom. The highest BCUT2D eigenvalue weighted by Crippen LogP contribution is 2.30. The number of aliphatic hydroxyl groups is 1. The number of likely N-dealkylation sites (tertiary alicyclic amines) is 1. The van der Waals surface area contributed by atoms with Gasteiger partial charge in [0.15, 0.2) is 5.69 Å². The lowest BCUT2D eigenvalue weighted by Gasteiger charge is -2.34. The first-order chi connectivity index (χ1) is 12.1. The van der Waals surface area contributed by atoms with Crippen LogP contribution in [-0.2, 0) is 12.8 Å². The third kappa shape index (κ3) is 2.76.